The predicted molar refractivity (Wildman–Crippen MR) is 446 cm³/mol. The van der Waals surface area contributed by atoms with Crippen LogP contribution in [0.4, 0.5) is 8.78 Å². The Hall–Kier alpha value is -8.50. The van der Waals surface area contributed by atoms with Crippen LogP contribution in [-0.2, 0) is 4.57 Å². The molecule has 2 aromatic carbocycles. The van der Waals surface area contributed by atoms with Crippen LogP contribution in [0.2, 0.25) is 5.15 Å². The number of pyridine rings is 14. The number of hydrogen-bond acceptors (Lipinski definition) is 22. The van der Waals surface area contributed by atoms with Crippen LogP contribution >= 0.6 is 110 Å². The van der Waals surface area contributed by atoms with E-state index in [0.29, 0.717) is 77.8 Å². The molecule has 16 rings (SSSR count). The van der Waals surface area contributed by atoms with E-state index in [1.807, 2.05) is 36.4 Å². The molecular weight excluding hydrogens is 1860 g/mol. The van der Waals surface area contributed by atoms with Gasteiger partial charge in [-0.15, -0.1) is 0 Å². The molecule has 0 radical (unpaired) electrons. The third kappa shape index (κ3) is 24.0. The minimum atomic E-state index is -3.22. The number of nitrogens with one attached hydrogen (secondary N) is 3. The van der Waals surface area contributed by atoms with Crippen LogP contribution in [0.25, 0.3) is 110 Å². The van der Waals surface area contributed by atoms with Crippen molar-refractivity contribution < 1.29 is 77.7 Å². The number of aromatic nitrogens is 14. The number of benzene rings is 2. The summed E-state index contributed by atoms with van der Waals surface area (Å²) in [7, 11) is 4.08. The molecule has 0 aliphatic carbocycles. The molecule has 37 heteroatoms. The zero-order valence-electron chi connectivity index (χ0n) is 57.4. The van der Waals surface area contributed by atoms with Gasteiger partial charge in [0.05, 0.1) is 67.0 Å². The topological polar surface area (TPSA) is 376 Å². The summed E-state index contributed by atoms with van der Waals surface area (Å²) in [6, 6.07) is 33.9. The molecule has 7 N–H and O–H groups in total. The Labute approximate surface area is 696 Å². The fourth-order valence-electron chi connectivity index (χ4n) is 10.1. The van der Waals surface area contributed by atoms with E-state index < -0.39 is 18.1 Å². The Morgan fingerprint density at radius 1 is 0.468 bits per heavy atom. The van der Waals surface area contributed by atoms with Gasteiger partial charge in [-0.05, 0) is 153 Å². The van der Waals surface area contributed by atoms with Gasteiger partial charge in [0.25, 0.3) is 16.7 Å². The summed E-state index contributed by atoms with van der Waals surface area (Å²) in [5.74, 6) is 1.20. The maximum atomic E-state index is 14.5. The van der Waals surface area contributed by atoms with Crippen molar-refractivity contribution in [3.8, 4) is 51.0 Å². The molecule has 14 heterocycles. The summed E-state index contributed by atoms with van der Waals surface area (Å²) in [5, 5.41) is 32.5. The quantitative estimate of drug-likeness (QED) is 0.0373. The number of aliphatic hydroxyl groups is 1. The second-order valence-corrected chi connectivity index (χ2v) is 29.2. The number of nitrogens with zero attached hydrogens (tertiary/aromatic N) is 11. The van der Waals surface area contributed by atoms with Crippen LogP contribution in [0.5, 0.6) is 17.2 Å². The molecule has 552 valence electrons. The van der Waals surface area contributed by atoms with Crippen LogP contribution in [0.3, 0.4) is 0 Å². The first kappa shape index (κ1) is 89.4. The fraction of sp³-hybridized carbons (Fsp3) is 0.0556. The van der Waals surface area contributed by atoms with E-state index in [0.717, 1.165) is 65.0 Å². The van der Waals surface area contributed by atoms with E-state index >= 15 is 0 Å². The number of aromatic amines is 3. The van der Waals surface area contributed by atoms with Gasteiger partial charge in [0.15, 0.2) is 11.3 Å². The van der Waals surface area contributed by atoms with Gasteiger partial charge >= 0.3 is 41.9 Å². The first-order valence-electron chi connectivity index (χ1n) is 30.6. The second-order valence-electron chi connectivity index (χ2n) is 21.0. The molecule has 0 aliphatic heterocycles. The Bertz CT molecular complexity index is 5980. The normalized spacial score (nSPS) is 10.2. The van der Waals surface area contributed by atoms with Crippen molar-refractivity contribution in [2.45, 2.75) is 0 Å². The van der Waals surface area contributed by atoms with Crippen LogP contribution in [0.1, 0.15) is 0 Å². The van der Waals surface area contributed by atoms with Gasteiger partial charge in [-0.3, -0.25) is 48.9 Å². The fourth-order valence-corrected chi connectivity index (χ4v) is 10.9. The number of methoxy groups -OCH3 is 3. The van der Waals surface area contributed by atoms with Gasteiger partial charge in [-0.25, -0.2) is 33.7 Å². The molecule has 0 saturated heterocycles. The third-order valence-electron chi connectivity index (χ3n) is 14.8. The van der Waals surface area contributed by atoms with Crippen LogP contribution < -0.4 is 65.9 Å². The zero-order chi connectivity index (χ0) is 77.2. The molecule has 16 aromatic rings. The minimum Gasteiger partial charge on any atom is -0.870 e. The first-order valence-corrected chi connectivity index (χ1v) is 42.8. The summed E-state index contributed by atoms with van der Waals surface area (Å²) in [6.07, 6.45) is 28.0. The van der Waals surface area contributed by atoms with E-state index in [1.165, 1.54) is 24.4 Å². The van der Waals surface area contributed by atoms with Crippen molar-refractivity contribution in [3.63, 3.8) is 0 Å². The number of fused-ring (bicyclic) bond motifs is 7. The molecule has 0 aliphatic rings. The number of H-pyrrole nitrogens is 3. The van der Waals surface area contributed by atoms with Crippen molar-refractivity contribution in [3.05, 3.63) is 278 Å². The average molecular weight is 1920 g/mol. The SMILES string of the molecule is CO.COc1c[nH]c(=O)c2ccncc12.COc1cnc(-c2cc(-c3ccccc3F)nc3ncccc23)c2ccncc12.COc1cnc(Cl)c2ccncc12.II.O=P(Cl)(Cl)Cl.O=c1[nH]cc(I)c2cnccc12.O=c1[nH]ccc2cnccc12.OB(O)c1cc(-c2ccccc2F)nc2ncccc12.[Na+].[OH-]. The molecule has 0 spiro atoms. The Kier molecular flexibility index (Phi) is 36.4. The molecule has 0 unspecified atom stereocenters. The Morgan fingerprint density at radius 2 is 0.899 bits per heavy atom. The van der Waals surface area contributed by atoms with Gasteiger partial charge in [-0.2, -0.15) is 0 Å². The van der Waals surface area contributed by atoms with Crippen molar-refractivity contribution in [2.75, 3.05) is 28.4 Å². The molecule has 0 fully saturated rings. The minimum absolute atomic E-state index is 0. The van der Waals surface area contributed by atoms with Crippen LogP contribution in [0.15, 0.2) is 241 Å². The number of ether oxygens (including phenoxy) is 3. The smallest absolute Gasteiger partial charge is 0.870 e. The van der Waals surface area contributed by atoms with Crippen molar-refractivity contribution in [1.29, 1.82) is 0 Å². The van der Waals surface area contributed by atoms with Gasteiger partial charge in [0, 0.05) is 206 Å². The largest absolute Gasteiger partial charge is 1.00 e. The molecule has 0 amide bonds. The maximum absolute atomic E-state index is 14.5. The summed E-state index contributed by atoms with van der Waals surface area (Å²) < 4.78 is 54.4. The Balaban J connectivity index is 0.000000206. The van der Waals surface area contributed by atoms with E-state index in [1.54, 1.807) is 187 Å². The van der Waals surface area contributed by atoms with E-state index in [-0.39, 0.29) is 63.0 Å². The summed E-state index contributed by atoms with van der Waals surface area (Å²) in [6.45, 7) is 0. The predicted octanol–water partition coefficient (Wildman–Crippen LogP) is 12.9. The number of hydrogen-bond donors (Lipinski definition) is 6. The van der Waals surface area contributed by atoms with E-state index in [2.05, 4.69) is 163 Å². The van der Waals surface area contributed by atoms with Crippen LogP contribution in [0, 0.1) is 15.2 Å². The second kappa shape index (κ2) is 44.4. The summed E-state index contributed by atoms with van der Waals surface area (Å²) in [5.41, 5.74) is 3.96. The monoisotopic (exact) mass is 1920 g/mol. The average Bonchev–Trinajstić information content (AvgIpc) is 0.756. The van der Waals surface area contributed by atoms with Gasteiger partial charge < -0.3 is 49.8 Å². The third-order valence-corrected chi connectivity index (χ3v) is 16.0. The first-order chi connectivity index (χ1) is 51.7. The molecule has 109 heavy (non-hydrogen) atoms. The summed E-state index contributed by atoms with van der Waals surface area (Å²) >= 11 is 26.1. The van der Waals surface area contributed by atoms with Gasteiger partial charge in [-0.1, -0.05) is 41.9 Å². The molecule has 0 atom stereocenters. The van der Waals surface area contributed by atoms with Crippen molar-refractivity contribution in [1.82, 2.24) is 69.8 Å². The number of rotatable bonds is 7. The number of halogens is 9. The van der Waals surface area contributed by atoms with Crippen molar-refractivity contribution >= 4 is 199 Å². The van der Waals surface area contributed by atoms with E-state index in [4.69, 9.17) is 30.9 Å². The van der Waals surface area contributed by atoms with Gasteiger partial charge in [0.1, 0.15) is 34.0 Å². The molecular formula is C72H56BCl4F2I3N14NaO11P. The standard InChI is InChI=1S/C23H15FN4O.C14H10BFN2O2.C9H7ClN2O.C9H8N2O2.C8H5IN2O.C8H6N2O.CH4O.Cl3OP.I2.Na.H2O/c1-29-21-13-27-22(14-8-10-25-12-18(14)21)17-11-20(16-5-2-3-7-19(16)24)28-23-15(17)6-4-9-26-23;16-12-6-2-1-4-10(12)13-8-11(15(19)20)9-5-3-7-17-14(9)18-13;1-13-8-5-12-9(10)6-2-3-11-4-7(6)8;1-13-8-5-11-9(12)6-2-3-10-4-7(6)8;9-7-4-11-8(12)5-1-2-10-3-6(5)7;11-8-7-2-3-9-5-6(7)1-4-10-8;1-2;1-5(2,3)4;1-2;;/h2-13H,1H3;1-8,19-20H;2-5H,1H3;2-5H,1H3,(H,11,12);1-4H,(H,11,12);1-5H,(H,10,11);2H,1H3;;;;1H2/q;;;;;;;;;+1;/p-1. The van der Waals surface area contributed by atoms with Crippen molar-refractivity contribution in [2.24, 2.45) is 0 Å². The molecule has 14 aromatic heterocycles. The molecule has 0 bridgehead atoms. The van der Waals surface area contributed by atoms with E-state index in [9.17, 15) is 37.8 Å². The molecule has 25 nitrogen and oxygen atoms in total. The summed E-state index contributed by atoms with van der Waals surface area (Å²) in [4.78, 5) is 87.5. The maximum Gasteiger partial charge on any atom is 1.00 e. The number of aliphatic hydroxyl groups excluding tert-OH is 1. The van der Waals surface area contributed by atoms with Crippen LogP contribution in [-0.4, -0.2) is 126 Å². The molecule has 0 saturated carbocycles. The zero-order valence-corrected chi connectivity index (χ0v) is 69.7. The Morgan fingerprint density at radius 3 is 1.42 bits per heavy atom. The van der Waals surface area contributed by atoms with Gasteiger partial charge in [0.2, 0.25) is 0 Å².